The van der Waals surface area contributed by atoms with Gasteiger partial charge in [-0.15, -0.1) is 0 Å². The molecule has 1 heterocycles. The van der Waals surface area contributed by atoms with Crippen molar-refractivity contribution in [3.63, 3.8) is 0 Å². The quantitative estimate of drug-likeness (QED) is 0.754. The van der Waals surface area contributed by atoms with E-state index >= 15 is 0 Å². The Balaban J connectivity index is 1.90. The van der Waals surface area contributed by atoms with Crippen molar-refractivity contribution in [3.8, 4) is 5.75 Å². The molecular weight excluding hydrogens is 368 g/mol. The zero-order valence-corrected chi connectivity index (χ0v) is 16.9. The highest BCUT2D eigenvalue weighted by Gasteiger charge is 2.28. The number of benzene rings is 1. The van der Waals surface area contributed by atoms with Crippen LogP contribution in [-0.2, 0) is 14.6 Å². The smallest absolute Gasteiger partial charge is 0.255 e. The summed E-state index contributed by atoms with van der Waals surface area (Å²) in [6.07, 6.45) is 2.52. The Kier molecular flexibility index (Phi) is 7.24. The second-order valence-electron chi connectivity index (χ2n) is 6.98. The highest BCUT2D eigenvalue weighted by Crippen LogP contribution is 2.23. The maximum Gasteiger partial charge on any atom is 0.255 e. The predicted octanol–water partition coefficient (Wildman–Crippen LogP) is 1.49. The maximum absolute atomic E-state index is 12.6. The maximum atomic E-state index is 12.6. The van der Waals surface area contributed by atoms with Crippen molar-refractivity contribution in [1.82, 2.24) is 10.2 Å². The Morgan fingerprint density at radius 3 is 2.48 bits per heavy atom. The third kappa shape index (κ3) is 6.23. The molecule has 7 nitrogen and oxygen atoms in total. The van der Waals surface area contributed by atoms with Crippen LogP contribution in [0.25, 0.3) is 0 Å². The second kappa shape index (κ2) is 9.21. The second-order valence-corrected chi connectivity index (χ2v) is 9.12. The van der Waals surface area contributed by atoms with E-state index in [2.05, 4.69) is 5.32 Å². The van der Waals surface area contributed by atoms with E-state index in [1.165, 1.54) is 0 Å². The molecule has 0 bridgehead atoms. The van der Waals surface area contributed by atoms with Crippen LogP contribution < -0.4 is 10.1 Å². The number of piperidine rings is 1. The molecule has 0 aromatic heterocycles. The van der Waals surface area contributed by atoms with Gasteiger partial charge in [-0.05, 0) is 44.7 Å². The molecule has 1 N–H and O–H groups in total. The number of nitrogens with zero attached hydrogens (tertiary/aromatic N) is 1. The van der Waals surface area contributed by atoms with Gasteiger partial charge >= 0.3 is 0 Å². The summed E-state index contributed by atoms with van der Waals surface area (Å²) in [4.78, 5) is 26.2. The number of hydrogen-bond donors (Lipinski definition) is 1. The highest BCUT2D eigenvalue weighted by atomic mass is 32.2. The van der Waals surface area contributed by atoms with Gasteiger partial charge in [-0.2, -0.15) is 0 Å². The first-order valence-electron chi connectivity index (χ1n) is 9.19. The van der Waals surface area contributed by atoms with Gasteiger partial charge in [-0.3, -0.25) is 9.59 Å². The van der Waals surface area contributed by atoms with Crippen LogP contribution in [0.2, 0.25) is 0 Å². The summed E-state index contributed by atoms with van der Waals surface area (Å²) in [7, 11) is -3.32. The third-order valence-electron chi connectivity index (χ3n) is 4.78. The first kappa shape index (κ1) is 21.2. The van der Waals surface area contributed by atoms with Crippen LogP contribution in [0.1, 0.15) is 37.0 Å². The normalized spacial score (nSPS) is 16.6. The molecule has 1 aromatic carbocycles. The fourth-order valence-corrected chi connectivity index (χ4v) is 3.93. The molecule has 1 aliphatic rings. The Labute approximate surface area is 161 Å². The molecule has 1 aromatic rings. The number of ether oxygens (including phenoxy) is 1. The zero-order chi connectivity index (χ0) is 20.0. The number of sulfone groups is 1. The predicted molar refractivity (Wildman–Crippen MR) is 104 cm³/mol. The summed E-state index contributed by atoms with van der Waals surface area (Å²) in [5.74, 6) is -0.181. The lowest BCUT2D eigenvalue weighted by Crippen LogP contribution is -2.46. The molecule has 2 rings (SSSR count). The molecule has 8 heteroatoms. The first-order chi connectivity index (χ1) is 12.7. The van der Waals surface area contributed by atoms with E-state index in [0.717, 1.165) is 19.1 Å². The van der Waals surface area contributed by atoms with Gasteiger partial charge in [0.05, 0.1) is 12.2 Å². The van der Waals surface area contributed by atoms with Crippen molar-refractivity contribution in [1.29, 1.82) is 0 Å². The Bertz CT molecular complexity index is 770. The monoisotopic (exact) mass is 396 g/mol. The fraction of sp³-hybridized carbons (Fsp3) is 0.579. The molecule has 150 valence electrons. The summed E-state index contributed by atoms with van der Waals surface area (Å²) < 4.78 is 28.1. The number of rotatable bonds is 7. The summed E-state index contributed by atoms with van der Waals surface area (Å²) >= 11 is 0. The minimum absolute atomic E-state index is 0.0562. The Morgan fingerprint density at radius 2 is 1.89 bits per heavy atom. The zero-order valence-electron chi connectivity index (χ0n) is 16.1. The summed E-state index contributed by atoms with van der Waals surface area (Å²) in [5, 5.41) is 3.03. The van der Waals surface area contributed by atoms with Crippen molar-refractivity contribution in [2.45, 2.75) is 32.7 Å². The van der Waals surface area contributed by atoms with Crippen LogP contribution in [-0.4, -0.2) is 62.9 Å². The van der Waals surface area contributed by atoms with Gasteiger partial charge in [0.15, 0.2) is 9.84 Å². The van der Waals surface area contributed by atoms with Gasteiger partial charge in [0, 0.05) is 25.4 Å². The number of para-hydroxylation sites is 1. The summed E-state index contributed by atoms with van der Waals surface area (Å²) in [6.45, 7) is 5.33. The molecule has 0 saturated carbocycles. The minimum atomic E-state index is -3.32. The standard InChI is InChI=1S/C19H28N2O5S/c1-4-26-17-8-6-5-7-16(17)19(23)20-14(2)15-9-11-21(12-10-15)18(22)13-27(3,24)25/h5-8,14-15H,4,9-13H2,1-3H3,(H,20,23)/t14-/m1/s1. The van der Waals surface area contributed by atoms with Crippen molar-refractivity contribution in [2.75, 3.05) is 31.7 Å². The minimum Gasteiger partial charge on any atom is -0.493 e. The molecule has 0 spiro atoms. The Morgan fingerprint density at radius 1 is 1.26 bits per heavy atom. The molecule has 2 amide bonds. The number of likely N-dealkylation sites (tertiary alicyclic amines) is 1. The number of carbonyl (C=O) groups excluding carboxylic acids is 2. The summed E-state index contributed by atoms with van der Waals surface area (Å²) in [5.41, 5.74) is 0.506. The van der Waals surface area contributed by atoms with Crippen molar-refractivity contribution >= 4 is 21.7 Å². The lowest BCUT2D eigenvalue weighted by Gasteiger charge is -2.35. The molecule has 1 atom stereocenters. The molecule has 0 unspecified atom stereocenters. The van der Waals surface area contributed by atoms with E-state index in [9.17, 15) is 18.0 Å². The van der Waals surface area contributed by atoms with Gasteiger partial charge in [-0.1, -0.05) is 12.1 Å². The van der Waals surface area contributed by atoms with Crippen LogP contribution in [0, 0.1) is 5.92 Å². The van der Waals surface area contributed by atoms with Crippen molar-refractivity contribution < 1.29 is 22.7 Å². The van der Waals surface area contributed by atoms with Crippen molar-refractivity contribution in [2.24, 2.45) is 5.92 Å². The number of nitrogens with one attached hydrogen (secondary N) is 1. The fourth-order valence-electron chi connectivity index (χ4n) is 3.30. The van der Waals surface area contributed by atoms with Crippen LogP contribution in [0.15, 0.2) is 24.3 Å². The van der Waals surface area contributed by atoms with Gasteiger partial charge in [0.1, 0.15) is 11.5 Å². The van der Waals surface area contributed by atoms with Crippen LogP contribution in [0.3, 0.4) is 0 Å². The number of amides is 2. The molecule has 1 aliphatic heterocycles. The van der Waals surface area contributed by atoms with Gasteiger partial charge in [0.25, 0.3) is 5.91 Å². The van der Waals surface area contributed by atoms with E-state index < -0.39 is 15.6 Å². The van der Waals surface area contributed by atoms with Gasteiger partial charge in [-0.25, -0.2) is 8.42 Å². The van der Waals surface area contributed by atoms with E-state index in [4.69, 9.17) is 4.74 Å². The van der Waals surface area contributed by atoms with Crippen LogP contribution in [0.5, 0.6) is 5.75 Å². The van der Waals surface area contributed by atoms with E-state index in [1.54, 1.807) is 23.1 Å². The highest BCUT2D eigenvalue weighted by molar-refractivity contribution is 7.91. The molecule has 1 fully saturated rings. The van der Waals surface area contributed by atoms with E-state index in [0.29, 0.717) is 31.0 Å². The van der Waals surface area contributed by atoms with Crippen LogP contribution >= 0.6 is 0 Å². The first-order valence-corrected chi connectivity index (χ1v) is 11.3. The Hall–Kier alpha value is -2.09. The third-order valence-corrected chi connectivity index (χ3v) is 5.55. The molecular formula is C19H28N2O5S. The summed E-state index contributed by atoms with van der Waals surface area (Å²) in [6, 6.07) is 7.08. The van der Waals surface area contributed by atoms with E-state index in [-0.39, 0.29) is 23.8 Å². The lowest BCUT2D eigenvalue weighted by atomic mass is 9.90. The van der Waals surface area contributed by atoms with Crippen LogP contribution in [0.4, 0.5) is 0 Å². The molecule has 0 aliphatic carbocycles. The van der Waals surface area contributed by atoms with Gasteiger partial charge < -0.3 is 15.0 Å². The SMILES string of the molecule is CCOc1ccccc1C(=O)N[C@H](C)C1CCN(C(=O)CS(C)(=O)=O)CC1. The molecule has 1 saturated heterocycles. The van der Waals surface area contributed by atoms with Crippen molar-refractivity contribution in [3.05, 3.63) is 29.8 Å². The topological polar surface area (TPSA) is 92.8 Å². The lowest BCUT2D eigenvalue weighted by molar-refractivity contribution is -0.129. The molecule has 27 heavy (non-hydrogen) atoms. The number of hydrogen-bond acceptors (Lipinski definition) is 5. The molecule has 0 radical (unpaired) electrons. The van der Waals surface area contributed by atoms with Gasteiger partial charge in [0.2, 0.25) is 5.91 Å². The average Bonchev–Trinajstić information content (AvgIpc) is 2.61. The van der Waals surface area contributed by atoms with E-state index in [1.807, 2.05) is 19.9 Å². The average molecular weight is 397 g/mol. The number of carbonyl (C=O) groups is 2. The largest absolute Gasteiger partial charge is 0.493 e.